The summed E-state index contributed by atoms with van der Waals surface area (Å²) in [5.74, 6) is 0.589. The predicted molar refractivity (Wildman–Crippen MR) is 80.9 cm³/mol. The van der Waals surface area contributed by atoms with Gasteiger partial charge >= 0.3 is 5.97 Å². The lowest BCUT2D eigenvalue weighted by Crippen LogP contribution is -2.47. The van der Waals surface area contributed by atoms with Crippen molar-refractivity contribution in [2.45, 2.75) is 38.1 Å². The maximum absolute atomic E-state index is 12.2. The molecule has 0 radical (unpaired) electrons. The summed E-state index contributed by atoms with van der Waals surface area (Å²) in [4.78, 5) is 24.1. The van der Waals surface area contributed by atoms with E-state index >= 15 is 0 Å². The first-order valence-corrected chi connectivity index (χ1v) is 8.51. The second kappa shape index (κ2) is 6.18. The lowest BCUT2D eigenvalue weighted by atomic mass is 9.84. The number of methoxy groups -OCH3 is 1. The number of thiophene rings is 1. The van der Waals surface area contributed by atoms with Gasteiger partial charge in [0.1, 0.15) is 0 Å². The highest BCUT2D eigenvalue weighted by Crippen LogP contribution is 2.48. The van der Waals surface area contributed by atoms with Gasteiger partial charge in [0.2, 0.25) is 5.91 Å². The molecule has 114 valence electrons. The van der Waals surface area contributed by atoms with E-state index in [1.165, 1.54) is 12.7 Å². The molecule has 0 unspecified atom stereocenters. The van der Waals surface area contributed by atoms with Gasteiger partial charge in [-0.05, 0) is 59.9 Å². The quantitative estimate of drug-likeness (QED) is 0.850. The molecule has 0 aliphatic heterocycles. The van der Waals surface area contributed by atoms with Crippen molar-refractivity contribution >= 4 is 23.2 Å². The Morgan fingerprint density at radius 2 is 2.19 bits per heavy atom. The summed E-state index contributed by atoms with van der Waals surface area (Å²) in [5.41, 5.74) is 1.20. The number of fused-ring (bicyclic) bond motifs is 2. The molecule has 1 aromatic rings. The van der Waals surface area contributed by atoms with E-state index in [-0.39, 0.29) is 23.8 Å². The molecule has 2 aliphatic carbocycles. The zero-order valence-electron chi connectivity index (χ0n) is 12.2. The minimum absolute atomic E-state index is 0.0221. The lowest BCUT2D eigenvalue weighted by molar-refractivity contribution is -0.148. The molecule has 1 amide bonds. The van der Waals surface area contributed by atoms with Crippen LogP contribution in [0.1, 0.15) is 31.2 Å². The predicted octanol–water partition coefficient (Wildman–Crippen LogP) is 2.38. The molecule has 5 heteroatoms. The molecule has 0 saturated heterocycles. The fraction of sp³-hybridized carbons (Fsp3) is 0.625. The number of rotatable bonds is 5. The van der Waals surface area contributed by atoms with Crippen LogP contribution in [0.15, 0.2) is 16.8 Å². The Morgan fingerprint density at radius 3 is 2.90 bits per heavy atom. The highest BCUT2D eigenvalue weighted by Gasteiger charge is 2.51. The fourth-order valence-corrected chi connectivity index (χ4v) is 4.63. The van der Waals surface area contributed by atoms with Gasteiger partial charge in [-0.15, -0.1) is 0 Å². The number of ether oxygens (including phenoxy) is 1. The molecule has 0 spiro atoms. The molecular formula is C16H21NO3S. The molecule has 0 aromatic carbocycles. The van der Waals surface area contributed by atoms with E-state index in [9.17, 15) is 9.59 Å². The van der Waals surface area contributed by atoms with E-state index in [0.29, 0.717) is 18.3 Å². The third-order valence-corrected chi connectivity index (χ3v) is 5.67. The van der Waals surface area contributed by atoms with Crippen LogP contribution in [0.5, 0.6) is 0 Å². The lowest BCUT2D eigenvalue weighted by Gasteiger charge is -2.29. The van der Waals surface area contributed by atoms with Crippen molar-refractivity contribution in [1.82, 2.24) is 5.32 Å². The van der Waals surface area contributed by atoms with Gasteiger partial charge in [-0.1, -0.05) is 0 Å². The van der Waals surface area contributed by atoms with Crippen molar-refractivity contribution in [3.63, 3.8) is 0 Å². The number of carbonyl (C=O) groups is 2. The monoisotopic (exact) mass is 307 g/mol. The molecule has 4 nitrogen and oxygen atoms in total. The topological polar surface area (TPSA) is 55.4 Å². The largest absolute Gasteiger partial charge is 0.469 e. The summed E-state index contributed by atoms with van der Waals surface area (Å²) in [6.07, 6.45) is 4.51. The van der Waals surface area contributed by atoms with E-state index in [1.807, 2.05) is 11.4 Å². The standard InChI is InChI=1S/C16H21NO3S/c1-20-16(19)14-11-3-4-12(8-11)15(14)17-13(18)5-2-10-6-7-21-9-10/h6-7,9,11-12,14-15H,2-5,8H2,1H3,(H,17,18)/t11-,12-,14+,15+/m0/s1. The maximum Gasteiger partial charge on any atom is 0.311 e. The maximum atomic E-state index is 12.2. The average Bonchev–Trinajstić information content (AvgIpc) is 3.21. The molecule has 1 heterocycles. The van der Waals surface area contributed by atoms with Crippen molar-refractivity contribution in [2.75, 3.05) is 7.11 Å². The molecule has 2 aliphatic rings. The minimum atomic E-state index is -0.162. The SMILES string of the molecule is COC(=O)[C@@H]1[C@H]2CC[C@@H](C2)[C@H]1NC(=O)CCc1ccsc1. The van der Waals surface area contributed by atoms with Crippen LogP contribution < -0.4 is 5.32 Å². The van der Waals surface area contributed by atoms with Crippen molar-refractivity contribution in [3.8, 4) is 0 Å². The average molecular weight is 307 g/mol. The second-order valence-electron chi connectivity index (χ2n) is 6.11. The fourth-order valence-electron chi connectivity index (χ4n) is 3.93. The van der Waals surface area contributed by atoms with Crippen LogP contribution in [-0.2, 0) is 20.7 Å². The Bertz CT molecular complexity index is 514. The number of amides is 1. The molecule has 1 aromatic heterocycles. The van der Waals surface area contributed by atoms with E-state index < -0.39 is 0 Å². The summed E-state index contributed by atoms with van der Waals surface area (Å²) in [6.45, 7) is 0. The summed E-state index contributed by atoms with van der Waals surface area (Å²) in [7, 11) is 1.43. The van der Waals surface area contributed by atoms with Gasteiger partial charge in [0.25, 0.3) is 0 Å². The van der Waals surface area contributed by atoms with Crippen molar-refractivity contribution < 1.29 is 14.3 Å². The van der Waals surface area contributed by atoms with Gasteiger partial charge in [0.15, 0.2) is 0 Å². The summed E-state index contributed by atoms with van der Waals surface area (Å²) < 4.78 is 4.93. The first-order chi connectivity index (χ1) is 10.2. The van der Waals surface area contributed by atoms with Crippen molar-refractivity contribution in [1.29, 1.82) is 0 Å². The number of esters is 1. The molecule has 1 N–H and O–H groups in total. The molecular weight excluding hydrogens is 286 g/mol. The smallest absolute Gasteiger partial charge is 0.311 e. The van der Waals surface area contributed by atoms with Crippen LogP contribution in [0.25, 0.3) is 0 Å². The number of hydrogen-bond acceptors (Lipinski definition) is 4. The van der Waals surface area contributed by atoms with Crippen LogP contribution in [-0.4, -0.2) is 25.0 Å². The Balaban J connectivity index is 1.57. The van der Waals surface area contributed by atoms with Crippen molar-refractivity contribution in [2.24, 2.45) is 17.8 Å². The molecule has 3 rings (SSSR count). The zero-order valence-corrected chi connectivity index (χ0v) is 13.0. The Labute approximate surface area is 128 Å². The molecule has 2 bridgehead atoms. The van der Waals surface area contributed by atoms with Crippen LogP contribution in [0.4, 0.5) is 0 Å². The first kappa shape index (κ1) is 14.6. The minimum Gasteiger partial charge on any atom is -0.469 e. The van der Waals surface area contributed by atoms with Crippen molar-refractivity contribution in [3.05, 3.63) is 22.4 Å². The third-order valence-electron chi connectivity index (χ3n) is 4.94. The molecule has 2 fully saturated rings. The Hall–Kier alpha value is -1.36. The normalized spacial score (nSPS) is 30.3. The summed E-state index contributed by atoms with van der Waals surface area (Å²) in [6, 6.07) is 2.03. The van der Waals surface area contributed by atoms with Gasteiger partial charge in [-0.3, -0.25) is 9.59 Å². The van der Waals surface area contributed by atoms with Crippen LogP contribution in [0.2, 0.25) is 0 Å². The van der Waals surface area contributed by atoms with Gasteiger partial charge in [0.05, 0.1) is 13.0 Å². The third kappa shape index (κ3) is 2.98. The van der Waals surface area contributed by atoms with E-state index in [2.05, 4.69) is 10.7 Å². The summed E-state index contributed by atoms with van der Waals surface area (Å²) in [5, 5.41) is 7.20. The molecule has 2 saturated carbocycles. The van der Waals surface area contributed by atoms with E-state index in [1.54, 1.807) is 11.3 Å². The van der Waals surface area contributed by atoms with E-state index in [4.69, 9.17) is 4.74 Å². The zero-order chi connectivity index (χ0) is 14.8. The summed E-state index contributed by atoms with van der Waals surface area (Å²) >= 11 is 1.65. The Morgan fingerprint density at radius 1 is 1.38 bits per heavy atom. The van der Waals surface area contributed by atoms with Gasteiger partial charge < -0.3 is 10.1 Å². The van der Waals surface area contributed by atoms with Gasteiger partial charge in [-0.25, -0.2) is 0 Å². The number of hydrogen-bond donors (Lipinski definition) is 1. The number of nitrogens with one attached hydrogen (secondary N) is 1. The number of aryl methyl sites for hydroxylation is 1. The molecule has 4 atom stereocenters. The van der Waals surface area contributed by atoms with E-state index in [0.717, 1.165) is 25.7 Å². The first-order valence-electron chi connectivity index (χ1n) is 7.57. The highest BCUT2D eigenvalue weighted by molar-refractivity contribution is 7.07. The number of carbonyl (C=O) groups excluding carboxylic acids is 2. The highest BCUT2D eigenvalue weighted by atomic mass is 32.1. The van der Waals surface area contributed by atoms with Crippen LogP contribution in [0.3, 0.4) is 0 Å². The van der Waals surface area contributed by atoms with Gasteiger partial charge in [-0.2, -0.15) is 11.3 Å². The Kier molecular flexibility index (Phi) is 4.29. The molecule has 21 heavy (non-hydrogen) atoms. The van der Waals surface area contributed by atoms with Crippen LogP contribution >= 0.6 is 11.3 Å². The van der Waals surface area contributed by atoms with Gasteiger partial charge in [0, 0.05) is 12.5 Å². The van der Waals surface area contributed by atoms with Crippen LogP contribution in [0, 0.1) is 17.8 Å². The second-order valence-corrected chi connectivity index (χ2v) is 6.89.